The van der Waals surface area contributed by atoms with E-state index in [1.807, 2.05) is 12.1 Å². The number of aromatic nitrogens is 6. The molecule has 8 nitrogen and oxygen atoms in total. The monoisotopic (exact) mass is 354 g/mol. The number of aromatic amines is 2. The van der Waals surface area contributed by atoms with E-state index < -0.39 is 0 Å². The van der Waals surface area contributed by atoms with Gasteiger partial charge in [0.05, 0.1) is 0 Å². The maximum atomic E-state index is 6.00. The fourth-order valence-corrected chi connectivity index (χ4v) is 3.98. The van der Waals surface area contributed by atoms with E-state index >= 15 is 0 Å². The number of hydrogen-bond acceptors (Lipinski definition) is 6. The van der Waals surface area contributed by atoms with Gasteiger partial charge in [0.15, 0.2) is 0 Å². The van der Waals surface area contributed by atoms with Crippen LogP contribution in [0.3, 0.4) is 0 Å². The smallest absolute Gasteiger partial charge is 0.203 e. The first-order chi connectivity index (χ1) is 12.7. The molecule has 3 aromatic rings. The van der Waals surface area contributed by atoms with Gasteiger partial charge in [0.1, 0.15) is 11.3 Å². The van der Waals surface area contributed by atoms with Crippen LogP contribution in [0.15, 0.2) is 18.3 Å². The lowest BCUT2D eigenvalue weighted by Crippen LogP contribution is -2.34. The quantitative estimate of drug-likeness (QED) is 0.539. The minimum atomic E-state index is 0.116. The summed E-state index contributed by atoms with van der Waals surface area (Å²) in [6.45, 7) is 3.28. The summed E-state index contributed by atoms with van der Waals surface area (Å²) in [5.41, 5.74) is 9.41. The Hall–Kier alpha value is -2.48. The summed E-state index contributed by atoms with van der Waals surface area (Å²) in [5, 5.41) is 22.0. The van der Waals surface area contributed by atoms with Gasteiger partial charge in [-0.05, 0) is 62.3 Å². The molecule has 1 unspecified atom stereocenters. The summed E-state index contributed by atoms with van der Waals surface area (Å²) in [6.07, 6.45) is 7.89. The van der Waals surface area contributed by atoms with E-state index in [1.54, 1.807) is 6.20 Å². The minimum absolute atomic E-state index is 0.116. The molecule has 4 rings (SSSR count). The second-order valence-corrected chi connectivity index (χ2v) is 7.40. The maximum Gasteiger partial charge on any atom is 0.203 e. The van der Waals surface area contributed by atoms with Gasteiger partial charge in [-0.1, -0.05) is 6.92 Å². The Morgan fingerprint density at radius 3 is 2.88 bits per heavy atom. The van der Waals surface area contributed by atoms with Crippen LogP contribution in [-0.2, 0) is 0 Å². The molecule has 5 N–H and O–H groups in total. The molecule has 1 aliphatic rings. The lowest BCUT2D eigenvalue weighted by molar-refractivity contribution is 0.306. The summed E-state index contributed by atoms with van der Waals surface area (Å²) in [5.74, 6) is 1.44. The standard InChI is InChI=1S/C18H26N8/c1-11-2-4-12(5-3-11)20-8-6-13(15-7-9-21-23-15)14-10-16(19)22-18-17(14)24-26-25-18/h7,9-13,20H,2-6,8H2,1H3,(H,21,23)(H3,19,22,24,25,26). The first kappa shape index (κ1) is 17.0. The van der Waals surface area contributed by atoms with Crippen molar-refractivity contribution in [3.63, 3.8) is 0 Å². The predicted octanol–water partition coefficient (Wildman–Crippen LogP) is 2.35. The molecule has 1 atom stereocenters. The zero-order valence-corrected chi connectivity index (χ0v) is 15.1. The summed E-state index contributed by atoms with van der Waals surface area (Å²) in [6, 6.07) is 4.54. The average molecular weight is 354 g/mol. The Morgan fingerprint density at radius 1 is 1.27 bits per heavy atom. The van der Waals surface area contributed by atoms with Gasteiger partial charge in [-0.25, -0.2) is 4.98 Å². The van der Waals surface area contributed by atoms with Gasteiger partial charge < -0.3 is 11.1 Å². The van der Waals surface area contributed by atoms with E-state index in [2.05, 4.69) is 42.8 Å². The highest BCUT2D eigenvalue weighted by Crippen LogP contribution is 2.31. The molecule has 0 aromatic carbocycles. The summed E-state index contributed by atoms with van der Waals surface area (Å²) in [4.78, 5) is 4.25. The van der Waals surface area contributed by atoms with Crippen LogP contribution < -0.4 is 11.1 Å². The van der Waals surface area contributed by atoms with E-state index in [4.69, 9.17) is 5.73 Å². The van der Waals surface area contributed by atoms with Gasteiger partial charge >= 0.3 is 0 Å². The number of hydrogen-bond donors (Lipinski definition) is 4. The third kappa shape index (κ3) is 3.55. The largest absolute Gasteiger partial charge is 0.384 e. The molecule has 0 bridgehead atoms. The van der Waals surface area contributed by atoms with Gasteiger partial charge in [0.25, 0.3) is 0 Å². The zero-order valence-electron chi connectivity index (χ0n) is 15.1. The lowest BCUT2D eigenvalue weighted by Gasteiger charge is -2.27. The SMILES string of the molecule is CC1CCC(NCCC(c2ccn[nH]2)c2cc(N)nc3n[nH]nc23)CC1. The van der Waals surface area contributed by atoms with E-state index in [-0.39, 0.29) is 5.92 Å². The van der Waals surface area contributed by atoms with Crippen LogP contribution in [0.2, 0.25) is 0 Å². The third-order valence-electron chi connectivity index (χ3n) is 5.50. The normalized spacial score (nSPS) is 21.9. The molecule has 3 aromatic heterocycles. The molecule has 0 aliphatic heterocycles. The van der Waals surface area contributed by atoms with Crippen LogP contribution in [0.1, 0.15) is 56.2 Å². The molecule has 0 spiro atoms. The van der Waals surface area contributed by atoms with Crippen molar-refractivity contribution in [2.45, 2.75) is 51.0 Å². The maximum absolute atomic E-state index is 6.00. The average Bonchev–Trinajstić information content (AvgIpc) is 3.31. The molecule has 0 amide bonds. The highest BCUT2D eigenvalue weighted by Gasteiger charge is 2.23. The van der Waals surface area contributed by atoms with Gasteiger partial charge in [0, 0.05) is 23.9 Å². The molecule has 1 saturated carbocycles. The number of nitrogens with one attached hydrogen (secondary N) is 3. The van der Waals surface area contributed by atoms with Crippen LogP contribution in [0.4, 0.5) is 5.82 Å². The van der Waals surface area contributed by atoms with Crippen molar-refractivity contribution >= 4 is 17.0 Å². The van der Waals surface area contributed by atoms with E-state index in [1.165, 1.54) is 25.7 Å². The second kappa shape index (κ2) is 7.41. The molecule has 138 valence electrons. The first-order valence-corrected chi connectivity index (χ1v) is 9.40. The van der Waals surface area contributed by atoms with Crippen molar-refractivity contribution in [1.82, 2.24) is 35.9 Å². The van der Waals surface area contributed by atoms with Gasteiger partial charge in [-0.3, -0.25) is 5.10 Å². The fraction of sp³-hybridized carbons (Fsp3) is 0.556. The van der Waals surface area contributed by atoms with Crippen LogP contribution in [0, 0.1) is 5.92 Å². The minimum Gasteiger partial charge on any atom is -0.384 e. The van der Waals surface area contributed by atoms with Crippen molar-refractivity contribution in [3.8, 4) is 0 Å². The number of nitrogens with two attached hydrogens (primary N) is 1. The van der Waals surface area contributed by atoms with E-state index in [0.29, 0.717) is 17.5 Å². The molecular weight excluding hydrogens is 328 g/mol. The van der Waals surface area contributed by atoms with Gasteiger partial charge in [-0.2, -0.15) is 15.4 Å². The highest BCUT2D eigenvalue weighted by atomic mass is 15.3. The molecule has 1 fully saturated rings. The fourth-order valence-electron chi connectivity index (χ4n) is 3.98. The predicted molar refractivity (Wildman–Crippen MR) is 101 cm³/mol. The second-order valence-electron chi connectivity index (χ2n) is 7.40. The van der Waals surface area contributed by atoms with Crippen molar-refractivity contribution < 1.29 is 0 Å². The Bertz CT molecular complexity index is 832. The molecule has 26 heavy (non-hydrogen) atoms. The van der Waals surface area contributed by atoms with Crippen LogP contribution in [-0.4, -0.2) is 43.2 Å². The molecule has 3 heterocycles. The number of nitrogen functional groups attached to an aromatic ring is 1. The molecular formula is C18H26N8. The number of fused-ring (bicyclic) bond motifs is 1. The van der Waals surface area contributed by atoms with Crippen LogP contribution in [0.5, 0.6) is 0 Å². The Morgan fingerprint density at radius 2 is 2.12 bits per heavy atom. The summed E-state index contributed by atoms with van der Waals surface area (Å²) < 4.78 is 0. The lowest BCUT2D eigenvalue weighted by atomic mass is 9.87. The van der Waals surface area contributed by atoms with Gasteiger partial charge in [0.2, 0.25) is 5.65 Å². The first-order valence-electron chi connectivity index (χ1n) is 9.40. The zero-order chi connectivity index (χ0) is 17.9. The van der Waals surface area contributed by atoms with Gasteiger partial charge in [-0.15, -0.1) is 5.10 Å². The molecule has 0 saturated heterocycles. The number of rotatable bonds is 6. The topological polar surface area (TPSA) is 121 Å². The van der Waals surface area contributed by atoms with Crippen molar-refractivity contribution in [1.29, 1.82) is 0 Å². The van der Waals surface area contributed by atoms with Crippen molar-refractivity contribution in [3.05, 3.63) is 29.6 Å². The third-order valence-corrected chi connectivity index (χ3v) is 5.50. The van der Waals surface area contributed by atoms with E-state index in [9.17, 15) is 0 Å². The molecule has 0 radical (unpaired) electrons. The number of H-pyrrole nitrogens is 2. The highest BCUT2D eigenvalue weighted by molar-refractivity contribution is 5.76. The number of nitrogens with zero attached hydrogens (tertiary/aromatic N) is 4. The van der Waals surface area contributed by atoms with E-state index in [0.717, 1.165) is 35.7 Å². The van der Waals surface area contributed by atoms with Crippen LogP contribution >= 0.6 is 0 Å². The Labute approximate surface area is 152 Å². The van der Waals surface area contributed by atoms with Crippen molar-refractivity contribution in [2.24, 2.45) is 5.92 Å². The number of anilines is 1. The van der Waals surface area contributed by atoms with Crippen molar-refractivity contribution in [2.75, 3.05) is 12.3 Å². The molecule has 8 heteroatoms. The molecule has 1 aliphatic carbocycles. The number of pyridine rings is 1. The summed E-state index contributed by atoms with van der Waals surface area (Å²) in [7, 11) is 0. The summed E-state index contributed by atoms with van der Waals surface area (Å²) >= 11 is 0. The Kier molecular flexibility index (Phi) is 4.83. The Balaban J connectivity index is 1.53. The van der Waals surface area contributed by atoms with Crippen LogP contribution in [0.25, 0.3) is 11.2 Å².